The summed E-state index contributed by atoms with van der Waals surface area (Å²) in [6.07, 6.45) is -0.145. The van der Waals surface area contributed by atoms with Gasteiger partial charge in [0.25, 0.3) is 5.91 Å². The van der Waals surface area contributed by atoms with E-state index >= 15 is 0 Å². The van der Waals surface area contributed by atoms with Crippen molar-refractivity contribution in [3.63, 3.8) is 0 Å². The molecule has 0 bridgehead atoms. The maximum absolute atomic E-state index is 12.7. The van der Waals surface area contributed by atoms with E-state index in [1.165, 1.54) is 18.3 Å². The lowest BCUT2D eigenvalue weighted by Gasteiger charge is -2.22. The second-order valence-corrected chi connectivity index (χ2v) is 9.67. The number of carboxylic acid groups (broad SMARTS) is 1. The number of ether oxygens (including phenoxy) is 2. The van der Waals surface area contributed by atoms with Crippen molar-refractivity contribution in [3.05, 3.63) is 120 Å². The highest BCUT2D eigenvalue weighted by Crippen LogP contribution is 2.44. The molecule has 0 radical (unpaired) electrons. The molecular formula is C32H29N3O6. The first-order chi connectivity index (χ1) is 19.9. The minimum absolute atomic E-state index is 0.00963. The maximum atomic E-state index is 12.7. The van der Waals surface area contributed by atoms with Crippen LogP contribution in [-0.2, 0) is 20.9 Å². The highest BCUT2D eigenvalue weighted by atomic mass is 16.5. The molecule has 3 N–H and O–H groups in total. The molecule has 2 atom stereocenters. The van der Waals surface area contributed by atoms with E-state index in [-0.39, 0.29) is 24.8 Å². The van der Waals surface area contributed by atoms with E-state index in [2.05, 4.69) is 27.8 Å². The number of fused-ring (bicyclic) bond motifs is 3. The molecule has 2 amide bonds. The highest BCUT2D eigenvalue weighted by molar-refractivity contribution is 5.95. The van der Waals surface area contributed by atoms with Gasteiger partial charge in [0.05, 0.1) is 24.6 Å². The number of rotatable bonds is 10. The van der Waals surface area contributed by atoms with E-state index in [1.54, 1.807) is 6.92 Å². The molecule has 0 saturated carbocycles. The molecule has 9 heteroatoms. The Balaban J connectivity index is 1.15. The number of hydrogen-bond acceptors (Lipinski definition) is 6. The van der Waals surface area contributed by atoms with Gasteiger partial charge in [0.15, 0.2) is 6.04 Å². The number of nitrogens with one attached hydrogen (secondary N) is 2. The van der Waals surface area contributed by atoms with Gasteiger partial charge in [-0.2, -0.15) is 0 Å². The quantitative estimate of drug-likeness (QED) is 0.246. The number of benzene rings is 3. The van der Waals surface area contributed by atoms with Crippen LogP contribution in [0.3, 0.4) is 0 Å². The number of carbonyl (C=O) groups is 3. The third-order valence-corrected chi connectivity index (χ3v) is 6.96. The number of pyridine rings is 1. The number of hydrogen-bond donors (Lipinski definition) is 3. The minimum atomic E-state index is -1.29. The summed E-state index contributed by atoms with van der Waals surface area (Å²) in [5.41, 5.74) is 5.69. The Bertz CT molecular complexity index is 1500. The second-order valence-electron chi connectivity index (χ2n) is 9.67. The van der Waals surface area contributed by atoms with Gasteiger partial charge in [-0.1, -0.05) is 78.9 Å². The van der Waals surface area contributed by atoms with Crippen molar-refractivity contribution < 1.29 is 29.0 Å². The molecule has 0 spiro atoms. The monoisotopic (exact) mass is 551 g/mol. The summed E-state index contributed by atoms with van der Waals surface area (Å²) in [5.74, 6) is -1.98. The third-order valence-electron chi connectivity index (χ3n) is 6.96. The van der Waals surface area contributed by atoms with Crippen LogP contribution in [0.5, 0.6) is 0 Å². The lowest BCUT2D eigenvalue weighted by molar-refractivity contribution is -0.143. The van der Waals surface area contributed by atoms with Crippen molar-refractivity contribution in [2.45, 2.75) is 31.6 Å². The first-order valence-electron chi connectivity index (χ1n) is 13.2. The molecule has 0 unspecified atom stereocenters. The predicted molar refractivity (Wildman–Crippen MR) is 153 cm³/mol. The molecular weight excluding hydrogens is 522 g/mol. The smallest absolute Gasteiger partial charge is 0.411 e. The fourth-order valence-corrected chi connectivity index (χ4v) is 4.85. The molecule has 1 aliphatic rings. The third kappa shape index (κ3) is 6.42. The van der Waals surface area contributed by atoms with Gasteiger partial charge in [0, 0.05) is 5.92 Å². The van der Waals surface area contributed by atoms with Crippen LogP contribution >= 0.6 is 0 Å². The van der Waals surface area contributed by atoms with Crippen molar-refractivity contribution in [3.8, 4) is 11.1 Å². The summed E-state index contributed by atoms with van der Waals surface area (Å²) in [6, 6.07) is 27.1. The number of amides is 2. The Labute approximate surface area is 237 Å². The number of carboxylic acids is 1. The van der Waals surface area contributed by atoms with Gasteiger partial charge < -0.3 is 19.9 Å². The lowest BCUT2D eigenvalue weighted by Crippen LogP contribution is -2.48. The fourth-order valence-electron chi connectivity index (χ4n) is 4.85. The van der Waals surface area contributed by atoms with E-state index in [9.17, 15) is 19.5 Å². The zero-order chi connectivity index (χ0) is 28.8. The Morgan fingerprint density at radius 1 is 0.878 bits per heavy atom. The van der Waals surface area contributed by atoms with Crippen LogP contribution < -0.4 is 10.6 Å². The minimum Gasteiger partial charge on any atom is -0.480 e. The van der Waals surface area contributed by atoms with Crippen molar-refractivity contribution in [1.82, 2.24) is 10.3 Å². The summed E-state index contributed by atoms with van der Waals surface area (Å²) in [6.45, 7) is 1.95. The summed E-state index contributed by atoms with van der Waals surface area (Å²) in [7, 11) is 0. The summed E-state index contributed by atoms with van der Waals surface area (Å²) in [4.78, 5) is 41.2. The van der Waals surface area contributed by atoms with Crippen LogP contribution in [-0.4, -0.2) is 46.8 Å². The summed E-state index contributed by atoms with van der Waals surface area (Å²) in [5, 5.41) is 14.7. The molecule has 0 saturated heterocycles. The van der Waals surface area contributed by atoms with Gasteiger partial charge >= 0.3 is 12.1 Å². The van der Waals surface area contributed by atoms with Crippen LogP contribution in [0.4, 0.5) is 10.5 Å². The van der Waals surface area contributed by atoms with Crippen LogP contribution in [0.2, 0.25) is 0 Å². The SMILES string of the molecule is C[C@H](OCc1ccccc1)[C@@H](NC(=O)c1ccc(NC(=O)OCC2c3ccccc3-c3ccccc32)cn1)C(=O)O. The number of anilines is 1. The van der Waals surface area contributed by atoms with Gasteiger partial charge in [-0.3, -0.25) is 10.1 Å². The molecule has 1 heterocycles. The average molecular weight is 552 g/mol. The Morgan fingerprint density at radius 2 is 1.51 bits per heavy atom. The topological polar surface area (TPSA) is 127 Å². The number of aliphatic carboxylic acids is 1. The zero-order valence-corrected chi connectivity index (χ0v) is 22.3. The number of carbonyl (C=O) groups excluding carboxylic acids is 2. The van der Waals surface area contributed by atoms with Crippen LogP contribution in [0.25, 0.3) is 11.1 Å². The summed E-state index contributed by atoms with van der Waals surface area (Å²) < 4.78 is 11.2. The molecule has 0 aliphatic heterocycles. The summed E-state index contributed by atoms with van der Waals surface area (Å²) >= 11 is 0. The van der Waals surface area contributed by atoms with Crippen LogP contribution in [0.15, 0.2) is 97.2 Å². The van der Waals surface area contributed by atoms with Gasteiger partial charge in [0.1, 0.15) is 12.3 Å². The molecule has 5 rings (SSSR count). The average Bonchev–Trinajstić information content (AvgIpc) is 3.32. The largest absolute Gasteiger partial charge is 0.480 e. The van der Waals surface area contributed by atoms with Gasteiger partial charge in [-0.25, -0.2) is 14.6 Å². The molecule has 9 nitrogen and oxygen atoms in total. The Morgan fingerprint density at radius 3 is 2.12 bits per heavy atom. The maximum Gasteiger partial charge on any atom is 0.411 e. The fraction of sp³-hybridized carbons (Fsp3) is 0.188. The molecule has 41 heavy (non-hydrogen) atoms. The van der Waals surface area contributed by atoms with E-state index in [4.69, 9.17) is 9.47 Å². The standard InChI is InChI=1S/C32H29N3O6/c1-20(40-18-21-9-3-2-4-10-21)29(31(37)38)35-30(36)28-16-15-22(17-33-28)34-32(39)41-19-27-25-13-7-5-11-23(25)24-12-6-8-14-26(24)27/h2-17,20,27,29H,18-19H2,1H3,(H,34,39)(H,35,36)(H,37,38)/t20-,29+/m0/s1. The van der Waals surface area contributed by atoms with Crippen molar-refractivity contribution in [2.75, 3.05) is 11.9 Å². The molecule has 1 aliphatic carbocycles. The lowest BCUT2D eigenvalue weighted by atomic mass is 9.98. The number of aromatic nitrogens is 1. The van der Waals surface area contributed by atoms with E-state index in [0.717, 1.165) is 27.8 Å². The molecule has 208 valence electrons. The Kier molecular flexibility index (Phi) is 8.36. The highest BCUT2D eigenvalue weighted by Gasteiger charge is 2.30. The van der Waals surface area contributed by atoms with Crippen LogP contribution in [0, 0.1) is 0 Å². The second kappa shape index (κ2) is 12.4. The zero-order valence-electron chi connectivity index (χ0n) is 22.3. The van der Waals surface area contributed by atoms with Gasteiger partial charge in [-0.15, -0.1) is 0 Å². The first-order valence-corrected chi connectivity index (χ1v) is 13.2. The van der Waals surface area contributed by atoms with Gasteiger partial charge in [0.2, 0.25) is 0 Å². The molecule has 3 aromatic carbocycles. The Hall–Kier alpha value is -5.02. The van der Waals surface area contributed by atoms with Crippen molar-refractivity contribution in [2.24, 2.45) is 0 Å². The normalized spacial score (nSPS) is 13.4. The first kappa shape index (κ1) is 27.5. The number of nitrogens with zero attached hydrogens (tertiary/aromatic N) is 1. The van der Waals surface area contributed by atoms with Crippen molar-refractivity contribution in [1.29, 1.82) is 0 Å². The van der Waals surface area contributed by atoms with Crippen LogP contribution in [0.1, 0.15) is 40.0 Å². The van der Waals surface area contributed by atoms with Crippen molar-refractivity contribution >= 4 is 23.7 Å². The van der Waals surface area contributed by atoms with E-state index in [0.29, 0.717) is 5.69 Å². The van der Waals surface area contributed by atoms with E-state index < -0.39 is 30.1 Å². The molecule has 4 aromatic rings. The molecule has 0 fully saturated rings. The predicted octanol–water partition coefficient (Wildman–Crippen LogP) is 5.23. The molecule has 1 aromatic heterocycles. The van der Waals surface area contributed by atoms with Gasteiger partial charge in [-0.05, 0) is 46.9 Å². The van der Waals surface area contributed by atoms with E-state index in [1.807, 2.05) is 66.7 Å².